The summed E-state index contributed by atoms with van der Waals surface area (Å²) in [5.41, 5.74) is 1.12. The van der Waals surface area contributed by atoms with Crippen molar-refractivity contribution < 1.29 is 22.4 Å². The molecule has 0 N–H and O–H groups in total. The summed E-state index contributed by atoms with van der Waals surface area (Å²) in [5, 5.41) is 4.33. The van der Waals surface area contributed by atoms with E-state index >= 15 is 0 Å². The van der Waals surface area contributed by atoms with Gasteiger partial charge < -0.3 is 4.90 Å². The number of aromatic nitrogens is 3. The lowest BCUT2D eigenvalue weighted by molar-refractivity contribution is -0.137. The van der Waals surface area contributed by atoms with Crippen LogP contribution in [-0.4, -0.2) is 39.7 Å². The molecule has 1 aromatic carbocycles. The Labute approximate surface area is 164 Å². The van der Waals surface area contributed by atoms with Crippen LogP contribution < -0.4 is 0 Å². The summed E-state index contributed by atoms with van der Waals surface area (Å²) >= 11 is 0. The Morgan fingerprint density at radius 3 is 2.55 bits per heavy atom. The van der Waals surface area contributed by atoms with Crippen molar-refractivity contribution in [2.45, 2.75) is 19.5 Å². The molecule has 1 amide bonds. The van der Waals surface area contributed by atoms with Gasteiger partial charge in [-0.25, -0.2) is 9.07 Å². The van der Waals surface area contributed by atoms with Crippen LogP contribution in [0.15, 0.2) is 42.7 Å². The van der Waals surface area contributed by atoms with Crippen LogP contribution in [0.4, 0.5) is 17.6 Å². The molecule has 0 aliphatic carbocycles. The molecule has 0 atom stereocenters. The fourth-order valence-electron chi connectivity index (χ4n) is 2.87. The van der Waals surface area contributed by atoms with E-state index in [0.717, 1.165) is 12.1 Å². The molecule has 0 saturated carbocycles. The zero-order chi connectivity index (χ0) is 21.3. The van der Waals surface area contributed by atoms with E-state index in [-0.39, 0.29) is 17.9 Å². The minimum absolute atomic E-state index is 0.0123. The molecule has 0 unspecified atom stereocenters. The third-order valence-corrected chi connectivity index (χ3v) is 4.27. The molecule has 29 heavy (non-hydrogen) atoms. The molecule has 0 fully saturated rings. The van der Waals surface area contributed by atoms with Gasteiger partial charge in [0.2, 0.25) is 0 Å². The molecule has 5 nitrogen and oxygen atoms in total. The van der Waals surface area contributed by atoms with Crippen LogP contribution in [0.25, 0.3) is 5.69 Å². The highest BCUT2D eigenvalue weighted by Gasteiger charge is 2.31. The fraction of sp³-hybridized carbons (Fsp3) is 0.250. The molecule has 152 valence electrons. The number of aryl methyl sites for hydroxylation is 1. The number of pyridine rings is 1. The molecule has 0 aliphatic heterocycles. The van der Waals surface area contributed by atoms with Gasteiger partial charge in [-0.1, -0.05) is 0 Å². The first kappa shape index (κ1) is 20.5. The smallest absolute Gasteiger partial charge is 0.345 e. The number of rotatable bonds is 4. The van der Waals surface area contributed by atoms with E-state index in [1.54, 1.807) is 39.3 Å². The number of alkyl halides is 3. The first-order valence-corrected chi connectivity index (χ1v) is 8.64. The Hall–Kier alpha value is -3.23. The second-order valence-corrected chi connectivity index (χ2v) is 6.80. The monoisotopic (exact) mass is 406 g/mol. The normalized spacial score (nSPS) is 11.6. The molecule has 3 rings (SSSR count). The van der Waals surface area contributed by atoms with Crippen LogP contribution in [0.5, 0.6) is 0 Å². The Bertz CT molecular complexity index is 1060. The largest absolute Gasteiger partial charge is 0.416 e. The van der Waals surface area contributed by atoms with E-state index in [2.05, 4.69) is 10.1 Å². The lowest BCUT2D eigenvalue weighted by Gasteiger charge is -2.10. The molecule has 0 aliphatic rings. The molecule has 0 bridgehead atoms. The van der Waals surface area contributed by atoms with E-state index in [9.17, 15) is 22.4 Å². The van der Waals surface area contributed by atoms with Crippen LogP contribution in [0.3, 0.4) is 0 Å². The highest BCUT2D eigenvalue weighted by Crippen LogP contribution is 2.31. The average Bonchev–Trinajstić information content (AvgIpc) is 3.01. The van der Waals surface area contributed by atoms with Crippen molar-refractivity contribution in [2.24, 2.45) is 0 Å². The molecular formula is C20H18F4N4O. The van der Waals surface area contributed by atoms with Gasteiger partial charge in [0.25, 0.3) is 5.91 Å². The van der Waals surface area contributed by atoms with Crippen LogP contribution >= 0.6 is 0 Å². The van der Waals surface area contributed by atoms with Gasteiger partial charge in [0.1, 0.15) is 5.82 Å². The van der Waals surface area contributed by atoms with E-state index < -0.39 is 17.6 Å². The van der Waals surface area contributed by atoms with Crippen molar-refractivity contribution in [1.29, 1.82) is 0 Å². The maximum Gasteiger partial charge on any atom is 0.416 e. The number of hydrogen-bond donors (Lipinski definition) is 0. The average molecular weight is 406 g/mol. The molecule has 0 radical (unpaired) electrons. The Kier molecular flexibility index (Phi) is 5.41. The zero-order valence-corrected chi connectivity index (χ0v) is 16.0. The van der Waals surface area contributed by atoms with Crippen LogP contribution in [-0.2, 0) is 12.6 Å². The number of halogens is 4. The number of nitrogens with zero attached hydrogens (tertiary/aromatic N) is 4. The number of hydrogen-bond acceptors (Lipinski definition) is 3. The maximum absolute atomic E-state index is 13.6. The molecule has 2 aromatic heterocycles. The topological polar surface area (TPSA) is 51.0 Å². The predicted octanol–water partition coefficient (Wildman–Crippen LogP) is 4.03. The fourth-order valence-corrected chi connectivity index (χ4v) is 2.87. The highest BCUT2D eigenvalue weighted by molar-refractivity contribution is 5.94. The molecule has 9 heteroatoms. The lowest BCUT2D eigenvalue weighted by Crippen LogP contribution is -2.21. The number of benzene rings is 1. The summed E-state index contributed by atoms with van der Waals surface area (Å²) in [7, 11) is 3.27. The van der Waals surface area contributed by atoms with Crippen molar-refractivity contribution in [3.63, 3.8) is 0 Å². The van der Waals surface area contributed by atoms with Crippen molar-refractivity contribution in [2.75, 3.05) is 14.1 Å². The van der Waals surface area contributed by atoms with Gasteiger partial charge in [0.15, 0.2) is 0 Å². The second-order valence-electron chi connectivity index (χ2n) is 6.80. The minimum atomic E-state index is -4.63. The molecule has 0 spiro atoms. The third-order valence-electron chi connectivity index (χ3n) is 4.27. The van der Waals surface area contributed by atoms with Crippen LogP contribution in [0.2, 0.25) is 0 Å². The summed E-state index contributed by atoms with van der Waals surface area (Å²) in [4.78, 5) is 17.8. The van der Waals surface area contributed by atoms with Gasteiger partial charge in [0.05, 0.1) is 22.5 Å². The quantitative estimate of drug-likeness (QED) is 0.615. The van der Waals surface area contributed by atoms with Crippen molar-refractivity contribution in [1.82, 2.24) is 19.7 Å². The van der Waals surface area contributed by atoms with Gasteiger partial charge in [-0.2, -0.15) is 18.3 Å². The van der Waals surface area contributed by atoms with Crippen molar-refractivity contribution in [3.8, 4) is 5.69 Å². The van der Waals surface area contributed by atoms with Crippen molar-refractivity contribution in [3.05, 3.63) is 76.6 Å². The lowest BCUT2D eigenvalue weighted by atomic mass is 10.0. The molecule has 3 aromatic rings. The van der Waals surface area contributed by atoms with E-state index in [0.29, 0.717) is 28.7 Å². The predicted molar refractivity (Wildman–Crippen MR) is 98.3 cm³/mol. The van der Waals surface area contributed by atoms with Gasteiger partial charge in [-0.3, -0.25) is 9.78 Å². The summed E-state index contributed by atoms with van der Waals surface area (Å²) < 4.78 is 53.9. The summed E-state index contributed by atoms with van der Waals surface area (Å²) in [6.45, 7) is 1.71. The number of carbonyl (C=O) groups excluding carboxylic acids is 1. The second kappa shape index (κ2) is 7.65. The first-order valence-electron chi connectivity index (χ1n) is 8.64. The third kappa shape index (κ3) is 4.61. The molecular weight excluding hydrogens is 388 g/mol. The highest BCUT2D eigenvalue weighted by atomic mass is 19.4. The van der Waals surface area contributed by atoms with Gasteiger partial charge in [-0.05, 0) is 42.8 Å². The van der Waals surface area contributed by atoms with Crippen LogP contribution in [0, 0.1) is 12.7 Å². The Morgan fingerprint density at radius 1 is 1.17 bits per heavy atom. The Morgan fingerprint density at radius 2 is 1.90 bits per heavy atom. The zero-order valence-electron chi connectivity index (χ0n) is 16.0. The number of amides is 1. The summed E-state index contributed by atoms with van der Waals surface area (Å²) in [6, 6.07) is 5.71. The summed E-state index contributed by atoms with van der Waals surface area (Å²) in [6.07, 6.45) is -1.55. The number of carbonyl (C=O) groups is 1. The van der Waals surface area contributed by atoms with Crippen LogP contribution in [0.1, 0.15) is 32.9 Å². The van der Waals surface area contributed by atoms with Crippen molar-refractivity contribution >= 4 is 5.91 Å². The molecule has 0 saturated heterocycles. The van der Waals surface area contributed by atoms with E-state index in [1.165, 1.54) is 15.8 Å². The Balaban J connectivity index is 1.91. The standard InChI is InChI=1S/C20H18F4N4O/c1-12-18(19(29)27(2)3)11-28(26-12)17-4-5-25-16(10-17)8-13-6-14(20(22,23)24)9-15(21)7-13/h4-7,9-11H,8H2,1-3H3. The van der Waals surface area contributed by atoms with Gasteiger partial charge >= 0.3 is 6.18 Å². The minimum Gasteiger partial charge on any atom is -0.345 e. The SMILES string of the molecule is Cc1nn(-c2ccnc(Cc3cc(F)cc(C(F)(F)F)c3)c2)cc1C(=O)N(C)C. The first-order chi connectivity index (χ1) is 13.5. The van der Waals surface area contributed by atoms with Gasteiger partial charge in [0, 0.05) is 38.6 Å². The molecule has 2 heterocycles. The van der Waals surface area contributed by atoms with E-state index in [4.69, 9.17) is 0 Å². The maximum atomic E-state index is 13.6. The van der Waals surface area contributed by atoms with Gasteiger partial charge in [-0.15, -0.1) is 0 Å². The summed E-state index contributed by atoms with van der Waals surface area (Å²) in [5.74, 6) is -1.15. The van der Waals surface area contributed by atoms with E-state index in [1.807, 2.05) is 0 Å².